The lowest BCUT2D eigenvalue weighted by Crippen LogP contribution is -2.02. The van der Waals surface area contributed by atoms with Crippen molar-refractivity contribution >= 4 is 11.7 Å². The van der Waals surface area contributed by atoms with E-state index in [1.165, 1.54) is 30.3 Å². The van der Waals surface area contributed by atoms with Crippen molar-refractivity contribution in [3.63, 3.8) is 0 Å². The molecule has 19 heavy (non-hydrogen) atoms. The fourth-order valence-electron chi connectivity index (χ4n) is 1.60. The second-order valence-electron chi connectivity index (χ2n) is 3.98. The summed E-state index contributed by atoms with van der Waals surface area (Å²) in [6, 6.07) is 10.2. The molecule has 0 saturated heterocycles. The molecule has 0 atom stereocenters. The molecule has 3 N–H and O–H groups in total. The standard InChI is InChI=1S/C14H12FNO3/c15-11-3-1-2-9(6-11)8-19-13-5-4-10(14(17)18)7-12(13)16/h1-7H,8,16H2,(H,17,18). The number of rotatable bonds is 4. The van der Waals surface area contributed by atoms with Gasteiger partial charge in [0.15, 0.2) is 0 Å². The smallest absolute Gasteiger partial charge is 0.335 e. The van der Waals surface area contributed by atoms with Gasteiger partial charge in [0.25, 0.3) is 0 Å². The van der Waals surface area contributed by atoms with Crippen LogP contribution in [0.25, 0.3) is 0 Å². The SMILES string of the molecule is Nc1cc(C(=O)O)ccc1OCc1cccc(F)c1. The van der Waals surface area contributed by atoms with Gasteiger partial charge in [-0.2, -0.15) is 0 Å². The molecule has 0 aliphatic rings. The van der Waals surface area contributed by atoms with Gasteiger partial charge in [0, 0.05) is 0 Å². The van der Waals surface area contributed by atoms with Crippen molar-refractivity contribution in [3.8, 4) is 5.75 Å². The van der Waals surface area contributed by atoms with E-state index in [0.29, 0.717) is 11.3 Å². The Morgan fingerprint density at radius 3 is 2.68 bits per heavy atom. The average Bonchev–Trinajstić information content (AvgIpc) is 2.37. The topological polar surface area (TPSA) is 72.6 Å². The van der Waals surface area contributed by atoms with Gasteiger partial charge in [-0.05, 0) is 35.9 Å². The minimum absolute atomic E-state index is 0.0932. The number of nitrogens with two attached hydrogens (primary N) is 1. The van der Waals surface area contributed by atoms with Gasteiger partial charge in [0.1, 0.15) is 18.2 Å². The number of anilines is 1. The third-order valence-corrected chi connectivity index (χ3v) is 2.54. The van der Waals surface area contributed by atoms with E-state index in [1.807, 2.05) is 0 Å². The zero-order valence-corrected chi connectivity index (χ0v) is 9.97. The highest BCUT2D eigenvalue weighted by atomic mass is 19.1. The molecule has 0 aliphatic heterocycles. The van der Waals surface area contributed by atoms with E-state index in [-0.39, 0.29) is 23.7 Å². The molecule has 0 radical (unpaired) electrons. The average molecular weight is 261 g/mol. The maximum absolute atomic E-state index is 13.0. The highest BCUT2D eigenvalue weighted by Gasteiger charge is 2.07. The third kappa shape index (κ3) is 3.22. The summed E-state index contributed by atoms with van der Waals surface area (Å²) in [4.78, 5) is 10.7. The summed E-state index contributed by atoms with van der Waals surface area (Å²) in [5.74, 6) is -1.02. The number of carboxylic acids is 1. The number of ether oxygens (including phenoxy) is 1. The molecule has 0 amide bonds. The van der Waals surface area contributed by atoms with E-state index < -0.39 is 5.97 Å². The maximum atomic E-state index is 13.0. The van der Waals surface area contributed by atoms with E-state index in [1.54, 1.807) is 12.1 Å². The molecule has 0 aliphatic carbocycles. The van der Waals surface area contributed by atoms with E-state index in [2.05, 4.69) is 0 Å². The van der Waals surface area contributed by atoms with E-state index >= 15 is 0 Å². The first-order valence-corrected chi connectivity index (χ1v) is 5.56. The number of carboxylic acid groups (broad SMARTS) is 1. The van der Waals surface area contributed by atoms with Gasteiger partial charge in [0.05, 0.1) is 11.3 Å². The van der Waals surface area contributed by atoms with Crippen molar-refractivity contribution < 1.29 is 19.0 Å². The Hall–Kier alpha value is -2.56. The summed E-state index contributed by atoms with van der Waals surface area (Å²) in [5, 5.41) is 8.80. The van der Waals surface area contributed by atoms with Gasteiger partial charge in [-0.15, -0.1) is 0 Å². The molecule has 0 aromatic heterocycles. The Bertz CT molecular complexity index is 613. The molecule has 0 bridgehead atoms. The lowest BCUT2D eigenvalue weighted by Gasteiger charge is -2.09. The molecule has 0 saturated carbocycles. The van der Waals surface area contributed by atoms with Gasteiger partial charge in [-0.1, -0.05) is 12.1 Å². The molecule has 2 aromatic carbocycles. The van der Waals surface area contributed by atoms with Crippen LogP contribution < -0.4 is 10.5 Å². The van der Waals surface area contributed by atoms with Gasteiger partial charge in [0.2, 0.25) is 0 Å². The molecular weight excluding hydrogens is 249 g/mol. The molecule has 5 heteroatoms. The first kappa shape index (κ1) is 12.9. The molecule has 0 spiro atoms. The predicted octanol–water partition coefficient (Wildman–Crippen LogP) is 2.69. The van der Waals surface area contributed by atoms with Crippen LogP contribution in [0.3, 0.4) is 0 Å². The molecule has 0 unspecified atom stereocenters. The highest BCUT2D eigenvalue weighted by Crippen LogP contribution is 2.23. The van der Waals surface area contributed by atoms with Crippen LogP contribution in [0.1, 0.15) is 15.9 Å². The fraction of sp³-hybridized carbons (Fsp3) is 0.0714. The molecular formula is C14H12FNO3. The normalized spacial score (nSPS) is 10.2. The minimum Gasteiger partial charge on any atom is -0.487 e. The first-order chi connectivity index (χ1) is 9.06. The molecule has 0 heterocycles. The number of nitrogen functional groups attached to an aromatic ring is 1. The van der Waals surface area contributed by atoms with Crippen molar-refractivity contribution in [1.29, 1.82) is 0 Å². The summed E-state index contributed by atoms with van der Waals surface area (Å²) >= 11 is 0. The van der Waals surface area contributed by atoms with E-state index in [4.69, 9.17) is 15.6 Å². The Balaban J connectivity index is 2.10. The minimum atomic E-state index is -1.05. The molecule has 98 valence electrons. The second-order valence-corrected chi connectivity index (χ2v) is 3.98. The Labute approximate surface area is 109 Å². The molecule has 2 rings (SSSR count). The number of halogens is 1. The zero-order chi connectivity index (χ0) is 13.8. The predicted molar refractivity (Wildman–Crippen MR) is 68.5 cm³/mol. The van der Waals surface area contributed by atoms with Crippen LogP contribution in [0, 0.1) is 5.82 Å². The Morgan fingerprint density at radius 2 is 2.05 bits per heavy atom. The summed E-state index contributed by atoms with van der Waals surface area (Å²) in [6.45, 7) is 0.161. The molecule has 2 aromatic rings. The maximum Gasteiger partial charge on any atom is 0.335 e. The van der Waals surface area contributed by atoms with Crippen molar-refractivity contribution in [2.75, 3.05) is 5.73 Å². The first-order valence-electron chi connectivity index (χ1n) is 5.56. The molecule has 4 nitrogen and oxygen atoms in total. The second kappa shape index (κ2) is 5.39. The third-order valence-electron chi connectivity index (χ3n) is 2.54. The van der Waals surface area contributed by atoms with Crippen LogP contribution in [0.2, 0.25) is 0 Å². The van der Waals surface area contributed by atoms with Crippen molar-refractivity contribution in [2.24, 2.45) is 0 Å². The number of benzene rings is 2. The largest absolute Gasteiger partial charge is 0.487 e. The van der Waals surface area contributed by atoms with Gasteiger partial charge < -0.3 is 15.6 Å². The Morgan fingerprint density at radius 1 is 1.26 bits per heavy atom. The number of hydrogen-bond donors (Lipinski definition) is 2. The number of aromatic carboxylic acids is 1. The summed E-state index contributed by atoms with van der Waals surface area (Å²) < 4.78 is 18.4. The molecule has 0 fully saturated rings. The lowest BCUT2D eigenvalue weighted by molar-refractivity contribution is 0.0697. The van der Waals surface area contributed by atoms with Gasteiger partial charge in [-0.25, -0.2) is 9.18 Å². The van der Waals surface area contributed by atoms with E-state index in [9.17, 15) is 9.18 Å². The highest BCUT2D eigenvalue weighted by molar-refractivity contribution is 5.89. The van der Waals surface area contributed by atoms with Crippen molar-refractivity contribution in [1.82, 2.24) is 0 Å². The monoisotopic (exact) mass is 261 g/mol. The summed E-state index contributed by atoms with van der Waals surface area (Å²) in [5.41, 5.74) is 6.68. The van der Waals surface area contributed by atoms with Crippen LogP contribution in [-0.4, -0.2) is 11.1 Å². The number of hydrogen-bond acceptors (Lipinski definition) is 3. The zero-order valence-electron chi connectivity index (χ0n) is 9.97. The van der Waals surface area contributed by atoms with Crippen molar-refractivity contribution in [2.45, 2.75) is 6.61 Å². The van der Waals surface area contributed by atoms with Crippen LogP contribution in [0.4, 0.5) is 10.1 Å². The van der Waals surface area contributed by atoms with Crippen LogP contribution in [0.5, 0.6) is 5.75 Å². The van der Waals surface area contributed by atoms with Crippen LogP contribution in [-0.2, 0) is 6.61 Å². The summed E-state index contributed by atoms with van der Waals surface area (Å²) in [7, 11) is 0. The lowest BCUT2D eigenvalue weighted by atomic mass is 10.2. The Kier molecular flexibility index (Phi) is 3.66. The van der Waals surface area contributed by atoms with Gasteiger partial charge >= 0.3 is 5.97 Å². The van der Waals surface area contributed by atoms with Crippen LogP contribution >= 0.6 is 0 Å². The summed E-state index contributed by atoms with van der Waals surface area (Å²) in [6.07, 6.45) is 0. The quantitative estimate of drug-likeness (QED) is 0.830. The van der Waals surface area contributed by atoms with Crippen molar-refractivity contribution in [3.05, 3.63) is 59.4 Å². The number of carbonyl (C=O) groups is 1. The van der Waals surface area contributed by atoms with E-state index in [0.717, 1.165) is 0 Å². The fourth-order valence-corrected chi connectivity index (χ4v) is 1.60. The van der Waals surface area contributed by atoms with Gasteiger partial charge in [-0.3, -0.25) is 0 Å². The van der Waals surface area contributed by atoms with Crippen LogP contribution in [0.15, 0.2) is 42.5 Å².